The number of imidazole rings is 1. The molecule has 0 saturated carbocycles. The van der Waals surface area contributed by atoms with Gasteiger partial charge in [-0.1, -0.05) is 0 Å². The normalized spacial score (nSPS) is 13.0. The Morgan fingerprint density at radius 3 is 3.00 bits per heavy atom. The van der Waals surface area contributed by atoms with E-state index in [9.17, 15) is 0 Å². The van der Waals surface area contributed by atoms with Gasteiger partial charge in [0.2, 0.25) is 0 Å². The summed E-state index contributed by atoms with van der Waals surface area (Å²) in [7, 11) is 0. The summed E-state index contributed by atoms with van der Waals surface area (Å²) >= 11 is 0. The van der Waals surface area contributed by atoms with E-state index < -0.39 is 0 Å². The molecule has 4 nitrogen and oxygen atoms in total. The van der Waals surface area contributed by atoms with Crippen LogP contribution in [0, 0.1) is 6.92 Å². The molecular formula is C10H13N3O. The standard InChI is InChI=1S/C10H13N3O/c1-8-12-4-5-13(8)9(7-11)10-3-2-6-14-10/h2-6,9H,7,11H2,1H3. The largest absolute Gasteiger partial charge is 0.467 e. The molecule has 0 amide bonds. The second-order valence-corrected chi connectivity index (χ2v) is 3.15. The molecule has 0 aliphatic carbocycles. The number of furan rings is 1. The summed E-state index contributed by atoms with van der Waals surface area (Å²) in [5, 5.41) is 0. The Morgan fingerprint density at radius 1 is 1.64 bits per heavy atom. The maximum atomic E-state index is 5.72. The van der Waals surface area contributed by atoms with Gasteiger partial charge in [0, 0.05) is 18.9 Å². The number of hydrogen-bond donors (Lipinski definition) is 1. The molecule has 0 aliphatic rings. The molecule has 0 spiro atoms. The lowest BCUT2D eigenvalue weighted by molar-refractivity contribution is 0.428. The van der Waals surface area contributed by atoms with Gasteiger partial charge in [-0.15, -0.1) is 0 Å². The number of rotatable bonds is 3. The Bertz CT molecular complexity index is 391. The number of aromatic nitrogens is 2. The van der Waals surface area contributed by atoms with E-state index >= 15 is 0 Å². The van der Waals surface area contributed by atoms with Crippen LogP contribution in [0.4, 0.5) is 0 Å². The molecule has 4 heteroatoms. The van der Waals surface area contributed by atoms with Crippen molar-refractivity contribution in [1.29, 1.82) is 0 Å². The zero-order valence-corrected chi connectivity index (χ0v) is 8.05. The van der Waals surface area contributed by atoms with Crippen LogP contribution in [0.5, 0.6) is 0 Å². The summed E-state index contributed by atoms with van der Waals surface area (Å²) in [6.45, 7) is 2.45. The molecule has 2 aromatic heterocycles. The zero-order valence-electron chi connectivity index (χ0n) is 8.05. The van der Waals surface area contributed by atoms with Crippen molar-refractivity contribution < 1.29 is 4.42 Å². The molecule has 1 atom stereocenters. The van der Waals surface area contributed by atoms with Gasteiger partial charge in [0.25, 0.3) is 0 Å². The van der Waals surface area contributed by atoms with Crippen LogP contribution < -0.4 is 5.73 Å². The average Bonchev–Trinajstić information content (AvgIpc) is 2.80. The van der Waals surface area contributed by atoms with Gasteiger partial charge in [0.15, 0.2) is 0 Å². The first-order valence-corrected chi connectivity index (χ1v) is 4.56. The first-order chi connectivity index (χ1) is 6.83. The molecule has 2 rings (SSSR count). The van der Waals surface area contributed by atoms with E-state index in [0.717, 1.165) is 11.6 Å². The van der Waals surface area contributed by atoms with E-state index in [1.165, 1.54) is 0 Å². The molecule has 2 aromatic rings. The quantitative estimate of drug-likeness (QED) is 0.796. The molecule has 1 unspecified atom stereocenters. The Hall–Kier alpha value is -1.55. The summed E-state index contributed by atoms with van der Waals surface area (Å²) in [6, 6.07) is 3.84. The van der Waals surface area contributed by atoms with E-state index in [1.807, 2.05) is 29.8 Å². The van der Waals surface area contributed by atoms with Gasteiger partial charge in [0.1, 0.15) is 17.6 Å². The van der Waals surface area contributed by atoms with E-state index in [0.29, 0.717) is 6.54 Å². The van der Waals surface area contributed by atoms with Crippen LogP contribution in [-0.2, 0) is 0 Å². The van der Waals surface area contributed by atoms with Crippen molar-refractivity contribution >= 4 is 0 Å². The fraction of sp³-hybridized carbons (Fsp3) is 0.300. The summed E-state index contributed by atoms with van der Waals surface area (Å²) in [4.78, 5) is 4.16. The molecular weight excluding hydrogens is 178 g/mol. The number of nitrogens with zero attached hydrogens (tertiary/aromatic N) is 2. The van der Waals surface area contributed by atoms with Crippen molar-refractivity contribution in [2.24, 2.45) is 5.73 Å². The minimum Gasteiger partial charge on any atom is -0.467 e. The van der Waals surface area contributed by atoms with Crippen LogP contribution in [0.3, 0.4) is 0 Å². The van der Waals surface area contributed by atoms with E-state index in [2.05, 4.69) is 4.98 Å². The molecule has 0 saturated heterocycles. The lowest BCUT2D eigenvalue weighted by Gasteiger charge is -2.15. The smallest absolute Gasteiger partial charge is 0.127 e. The van der Waals surface area contributed by atoms with Crippen LogP contribution >= 0.6 is 0 Å². The van der Waals surface area contributed by atoms with E-state index in [4.69, 9.17) is 10.2 Å². The highest BCUT2D eigenvalue weighted by Gasteiger charge is 2.15. The van der Waals surface area contributed by atoms with Crippen molar-refractivity contribution in [3.63, 3.8) is 0 Å². The lowest BCUT2D eigenvalue weighted by atomic mass is 10.2. The summed E-state index contributed by atoms with van der Waals surface area (Å²) in [5.74, 6) is 1.81. The van der Waals surface area contributed by atoms with Crippen LogP contribution in [0.1, 0.15) is 17.6 Å². The zero-order chi connectivity index (χ0) is 9.97. The summed E-state index contributed by atoms with van der Waals surface area (Å²) in [6.07, 6.45) is 5.33. The molecule has 0 fully saturated rings. The van der Waals surface area contributed by atoms with Crippen molar-refractivity contribution in [2.45, 2.75) is 13.0 Å². The van der Waals surface area contributed by atoms with Gasteiger partial charge in [-0.2, -0.15) is 0 Å². The topological polar surface area (TPSA) is 57.0 Å². The predicted molar refractivity (Wildman–Crippen MR) is 52.9 cm³/mol. The van der Waals surface area contributed by atoms with Crippen molar-refractivity contribution in [3.05, 3.63) is 42.4 Å². The highest BCUT2D eigenvalue weighted by atomic mass is 16.3. The molecule has 74 valence electrons. The minimum atomic E-state index is 0.0486. The second kappa shape index (κ2) is 3.67. The highest BCUT2D eigenvalue weighted by Crippen LogP contribution is 2.18. The Morgan fingerprint density at radius 2 is 2.50 bits per heavy atom. The number of nitrogens with two attached hydrogens (primary N) is 1. The summed E-state index contributed by atoms with van der Waals surface area (Å²) < 4.78 is 7.35. The van der Waals surface area contributed by atoms with Gasteiger partial charge < -0.3 is 14.7 Å². The van der Waals surface area contributed by atoms with Crippen LogP contribution in [0.15, 0.2) is 35.2 Å². The number of aryl methyl sites for hydroxylation is 1. The Balaban J connectivity index is 2.36. The van der Waals surface area contributed by atoms with Gasteiger partial charge in [-0.05, 0) is 19.1 Å². The van der Waals surface area contributed by atoms with Crippen molar-refractivity contribution in [2.75, 3.05) is 6.54 Å². The molecule has 2 heterocycles. The number of hydrogen-bond acceptors (Lipinski definition) is 3. The van der Waals surface area contributed by atoms with Gasteiger partial charge in [0.05, 0.1) is 6.26 Å². The van der Waals surface area contributed by atoms with E-state index in [-0.39, 0.29) is 6.04 Å². The SMILES string of the molecule is Cc1nccn1C(CN)c1ccco1. The van der Waals surface area contributed by atoms with Gasteiger partial charge in [-0.25, -0.2) is 4.98 Å². The van der Waals surface area contributed by atoms with Gasteiger partial charge in [-0.3, -0.25) is 0 Å². The van der Waals surface area contributed by atoms with Gasteiger partial charge >= 0.3 is 0 Å². The maximum Gasteiger partial charge on any atom is 0.127 e. The molecule has 14 heavy (non-hydrogen) atoms. The second-order valence-electron chi connectivity index (χ2n) is 3.15. The Labute approximate surface area is 82.4 Å². The molecule has 0 aliphatic heterocycles. The van der Waals surface area contributed by atoms with Crippen molar-refractivity contribution in [1.82, 2.24) is 9.55 Å². The maximum absolute atomic E-state index is 5.72. The van der Waals surface area contributed by atoms with E-state index in [1.54, 1.807) is 12.5 Å². The van der Waals surface area contributed by atoms with Crippen LogP contribution in [0.2, 0.25) is 0 Å². The lowest BCUT2D eigenvalue weighted by Crippen LogP contribution is -2.20. The third-order valence-corrected chi connectivity index (χ3v) is 2.29. The fourth-order valence-corrected chi connectivity index (χ4v) is 1.56. The van der Waals surface area contributed by atoms with Crippen molar-refractivity contribution in [3.8, 4) is 0 Å². The average molecular weight is 191 g/mol. The summed E-state index contributed by atoms with van der Waals surface area (Å²) in [5.41, 5.74) is 5.72. The first-order valence-electron chi connectivity index (χ1n) is 4.56. The predicted octanol–water partition coefficient (Wildman–Crippen LogP) is 1.33. The molecule has 0 aromatic carbocycles. The molecule has 2 N–H and O–H groups in total. The Kier molecular flexibility index (Phi) is 2.37. The molecule has 0 bridgehead atoms. The first kappa shape index (κ1) is 9.02. The monoisotopic (exact) mass is 191 g/mol. The highest BCUT2D eigenvalue weighted by molar-refractivity contribution is 5.09. The molecule has 0 radical (unpaired) electrons. The van der Waals surface area contributed by atoms with Crippen LogP contribution in [-0.4, -0.2) is 16.1 Å². The fourth-order valence-electron chi connectivity index (χ4n) is 1.56. The third kappa shape index (κ3) is 1.44. The van der Waals surface area contributed by atoms with Crippen LogP contribution in [0.25, 0.3) is 0 Å². The third-order valence-electron chi connectivity index (χ3n) is 2.29. The minimum absolute atomic E-state index is 0.0486.